The first-order valence-corrected chi connectivity index (χ1v) is 8.99. The van der Waals surface area contributed by atoms with E-state index in [2.05, 4.69) is 15.6 Å². The van der Waals surface area contributed by atoms with Crippen LogP contribution in [0.1, 0.15) is 29.9 Å². The Morgan fingerprint density at radius 3 is 2.19 bits per heavy atom. The van der Waals surface area contributed by atoms with E-state index in [9.17, 15) is 9.59 Å². The Hall–Kier alpha value is -2.61. The number of amides is 2. The molecule has 2 amide bonds. The number of thiazole rings is 1. The lowest BCUT2D eigenvalue weighted by Gasteiger charge is -2.21. The molecule has 1 atom stereocenters. The lowest BCUT2D eigenvalue weighted by atomic mass is 10.0. The predicted molar refractivity (Wildman–Crippen MR) is 101 cm³/mol. The van der Waals surface area contributed by atoms with E-state index in [1.54, 1.807) is 18.2 Å². The van der Waals surface area contributed by atoms with Gasteiger partial charge in [0.15, 0.2) is 5.13 Å². The minimum Gasteiger partial charge on any atom is -0.497 e. The molecule has 0 saturated heterocycles. The highest BCUT2D eigenvalue weighted by atomic mass is 32.1. The van der Waals surface area contributed by atoms with Gasteiger partial charge in [0.1, 0.15) is 17.5 Å². The van der Waals surface area contributed by atoms with Gasteiger partial charge in [-0.15, -0.1) is 11.3 Å². The molecule has 26 heavy (non-hydrogen) atoms. The molecule has 1 aromatic carbocycles. The van der Waals surface area contributed by atoms with Crippen LogP contribution in [0.4, 0.5) is 5.13 Å². The molecule has 0 unspecified atom stereocenters. The number of ether oxygens (including phenoxy) is 2. The summed E-state index contributed by atoms with van der Waals surface area (Å²) in [6.45, 7) is 5.58. The Bertz CT molecular complexity index is 766. The predicted octanol–water partition coefficient (Wildman–Crippen LogP) is 2.86. The summed E-state index contributed by atoms with van der Waals surface area (Å²) in [5.41, 5.74) is 1.18. The van der Waals surface area contributed by atoms with E-state index < -0.39 is 6.04 Å². The van der Waals surface area contributed by atoms with Crippen LogP contribution in [0.2, 0.25) is 0 Å². The maximum atomic E-state index is 12.6. The highest BCUT2D eigenvalue weighted by Crippen LogP contribution is 2.23. The van der Waals surface area contributed by atoms with Crippen molar-refractivity contribution in [3.8, 4) is 11.5 Å². The lowest BCUT2D eigenvalue weighted by molar-refractivity contribution is -0.118. The number of aryl methyl sites for hydroxylation is 1. The summed E-state index contributed by atoms with van der Waals surface area (Å²) in [5.74, 6) is 0.202. The van der Waals surface area contributed by atoms with Gasteiger partial charge in [-0.2, -0.15) is 0 Å². The molecule has 0 aliphatic heterocycles. The van der Waals surface area contributed by atoms with Crippen LogP contribution >= 0.6 is 11.3 Å². The molecular formula is C18H23N3O4S. The summed E-state index contributed by atoms with van der Waals surface area (Å²) in [7, 11) is 3.02. The number of rotatable bonds is 7. The van der Waals surface area contributed by atoms with E-state index in [1.165, 1.54) is 25.6 Å². The summed E-state index contributed by atoms with van der Waals surface area (Å²) in [4.78, 5) is 29.4. The molecule has 0 fully saturated rings. The van der Waals surface area contributed by atoms with Crippen LogP contribution in [-0.2, 0) is 4.79 Å². The molecule has 8 heteroatoms. The third-order valence-corrected chi connectivity index (χ3v) is 4.57. The van der Waals surface area contributed by atoms with E-state index >= 15 is 0 Å². The fourth-order valence-electron chi connectivity index (χ4n) is 2.29. The zero-order valence-electron chi connectivity index (χ0n) is 15.5. The number of methoxy groups -OCH3 is 2. The Morgan fingerprint density at radius 1 is 1.12 bits per heavy atom. The number of nitrogens with zero attached hydrogens (tertiary/aromatic N) is 1. The van der Waals surface area contributed by atoms with E-state index in [4.69, 9.17) is 9.47 Å². The van der Waals surface area contributed by atoms with Gasteiger partial charge in [-0.05, 0) is 25.0 Å². The van der Waals surface area contributed by atoms with Crippen LogP contribution in [0.5, 0.6) is 11.5 Å². The minimum absolute atomic E-state index is 0.104. The molecule has 0 aliphatic carbocycles. The van der Waals surface area contributed by atoms with Gasteiger partial charge in [-0.1, -0.05) is 13.8 Å². The Labute approximate surface area is 156 Å². The Balaban J connectivity index is 2.16. The number of carbonyl (C=O) groups is 2. The minimum atomic E-state index is -0.705. The average Bonchev–Trinajstić information content (AvgIpc) is 3.03. The van der Waals surface area contributed by atoms with Gasteiger partial charge in [-0.3, -0.25) is 9.59 Å². The molecule has 2 rings (SSSR count). The van der Waals surface area contributed by atoms with Crippen LogP contribution in [-0.4, -0.2) is 37.1 Å². The van der Waals surface area contributed by atoms with Crippen molar-refractivity contribution < 1.29 is 19.1 Å². The third-order valence-electron chi connectivity index (χ3n) is 3.70. The van der Waals surface area contributed by atoms with Gasteiger partial charge in [0.05, 0.1) is 19.9 Å². The number of nitrogens with one attached hydrogen (secondary N) is 2. The number of hydrogen-bond acceptors (Lipinski definition) is 6. The molecule has 2 aromatic rings. The van der Waals surface area contributed by atoms with Crippen LogP contribution in [0.15, 0.2) is 23.6 Å². The summed E-state index contributed by atoms with van der Waals surface area (Å²) in [5, 5.41) is 7.89. The van der Waals surface area contributed by atoms with Gasteiger partial charge in [-0.25, -0.2) is 4.98 Å². The van der Waals surface area contributed by atoms with E-state index in [0.717, 1.165) is 5.69 Å². The average molecular weight is 377 g/mol. The second-order valence-corrected chi connectivity index (χ2v) is 6.94. The maximum absolute atomic E-state index is 12.6. The zero-order valence-corrected chi connectivity index (χ0v) is 16.3. The Kier molecular flexibility index (Phi) is 6.57. The maximum Gasteiger partial charge on any atom is 0.252 e. The summed E-state index contributed by atoms with van der Waals surface area (Å²) >= 11 is 1.34. The molecule has 0 spiro atoms. The van der Waals surface area contributed by atoms with E-state index in [-0.39, 0.29) is 17.7 Å². The third kappa shape index (κ3) is 4.95. The fraction of sp³-hybridized carbons (Fsp3) is 0.389. The van der Waals surface area contributed by atoms with Crippen molar-refractivity contribution in [3.05, 3.63) is 34.8 Å². The van der Waals surface area contributed by atoms with Crippen molar-refractivity contribution in [1.82, 2.24) is 10.3 Å². The second-order valence-electron chi connectivity index (χ2n) is 6.08. The van der Waals surface area contributed by atoms with Crippen molar-refractivity contribution in [2.45, 2.75) is 26.8 Å². The number of benzene rings is 1. The molecule has 0 bridgehead atoms. The van der Waals surface area contributed by atoms with Crippen LogP contribution in [0, 0.1) is 12.8 Å². The van der Waals surface area contributed by atoms with Crippen molar-refractivity contribution in [2.75, 3.05) is 19.5 Å². The van der Waals surface area contributed by atoms with Gasteiger partial charge < -0.3 is 20.1 Å². The van der Waals surface area contributed by atoms with Crippen LogP contribution in [0.25, 0.3) is 0 Å². The van der Waals surface area contributed by atoms with Crippen molar-refractivity contribution in [3.63, 3.8) is 0 Å². The quantitative estimate of drug-likeness (QED) is 0.774. The summed E-state index contributed by atoms with van der Waals surface area (Å²) in [6.07, 6.45) is 0. The zero-order chi connectivity index (χ0) is 19.3. The first-order valence-electron chi connectivity index (χ1n) is 8.11. The number of aromatic nitrogens is 1. The summed E-state index contributed by atoms with van der Waals surface area (Å²) < 4.78 is 10.4. The molecule has 0 saturated carbocycles. The second kappa shape index (κ2) is 8.66. The summed E-state index contributed by atoms with van der Waals surface area (Å²) in [6, 6.07) is 4.16. The fourth-order valence-corrected chi connectivity index (χ4v) is 2.98. The monoisotopic (exact) mass is 377 g/mol. The van der Waals surface area contributed by atoms with Crippen molar-refractivity contribution in [2.24, 2.45) is 5.92 Å². The molecule has 1 heterocycles. The van der Waals surface area contributed by atoms with E-state index in [0.29, 0.717) is 22.2 Å². The first-order chi connectivity index (χ1) is 12.3. The number of anilines is 1. The molecule has 1 aromatic heterocycles. The van der Waals surface area contributed by atoms with Gasteiger partial charge in [0, 0.05) is 17.0 Å². The largest absolute Gasteiger partial charge is 0.497 e. The molecule has 7 nitrogen and oxygen atoms in total. The van der Waals surface area contributed by atoms with Gasteiger partial charge >= 0.3 is 0 Å². The standard InChI is InChI=1S/C18H23N3O4S/c1-10(2)15(17(23)21-18-19-11(3)9-26-18)20-16(22)12-6-13(24-4)8-14(7-12)25-5/h6-10,15H,1-5H3,(H,20,22)(H,19,21,23)/t15-/m0/s1. The molecule has 0 radical (unpaired) electrons. The topological polar surface area (TPSA) is 89.5 Å². The molecule has 140 valence electrons. The first kappa shape index (κ1) is 19.7. The van der Waals surface area contributed by atoms with Crippen LogP contribution < -0.4 is 20.1 Å². The molecule has 2 N–H and O–H groups in total. The molecule has 0 aliphatic rings. The van der Waals surface area contributed by atoms with Gasteiger partial charge in [0.25, 0.3) is 5.91 Å². The van der Waals surface area contributed by atoms with Crippen LogP contribution in [0.3, 0.4) is 0 Å². The van der Waals surface area contributed by atoms with Crippen molar-refractivity contribution >= 4 is 28.3 Å². The highest BCUT2D eigenvalue weighted by Gasteiger charge is 2.26. The van der Waals surface area contributed by atoms with Crippen molar-refractivity contribution in [1.29, 1.82) is 0 Å². The van der Waals surface area contributed by atoms with E-state index in [1.807, 2.05) is 26.2 Å². The number of hydrogen-bond donors (Lipinski definition) is 2. The smallest absolute Gasteiger partial charge is 0.252 e. The normalized spacial score (nSPS) is 11.8. The Morgan fingerprint density at radius 2 is 1.73 bits per heavy atom. The molecular weight excluding hydrogens is 354 g/mol. The highest BCUT2D eigenvalue weighted by molar-refractivity contribution is 7.13. The SMILES string of the molecule is COc1cc(OC)cc(C(=O)N[C@H](C(=O)Nc2nc(C)cs2)C(C)C)c1. The lowest BCUT2D eigenvalue weighted by Crippen LogP contribution is -2.47. The van der Waals surface area contributed by atoms with Gasteiger partial charge in [0.2, 0.25) is 5.91 Å². The number of carbonyl (C=O) groups excluding carboxylic acids is 2.